The number of hydrazine groups is 1. The standard InChI is InChI=1S/C21H19FN6O2S/c1-12-16(13(2)28-21(25-12)23-11-24-28)7-10-19(29)26-27-20(30)18-9-8-17(31-18)14-3-5-15(22)6-4-14/h3-6,8-9,11H,7,10H2,1-2H3,(H,26,29)(H,27,30). The Balaban J connectivity index is 1.33. The van der Waals surface area contributed by atoms with Crippen molar-refractivity contribution < 1.29 is 14.0 Å². The van der Waals surface area contributed by atoms with Crippen LogP contribution in [0.15, 0.2) is 42.7 Å². The third-order valence-corrected chi connectivity index (χ3v) is 6.00. The molecule has 2 amide bonds. The molecule has 10 heteroatoms. The number of amides is 2. The van der Waals surface area contributed by atoms with Crippen LogP contribution in [0.5, 0.6) is 0 Å². The molecule has 3 aromatic heterocycles. The monoisotopic (exact) mass is 438 g/mol. The zero-order chi connectivity index (χ0) is 22.0. The van der Waals surface area contributed by atoms with Crippen LogP contribution in [0.1, 0.15) is 33.0 Å². The Morgan fingerprint density at radius 2 is 1.87 bits per heavy atom. The number of nitrogens with one attached hydrogen (secondary N) is 2. The van der Waals surface area contributed by atoms with Crippen molar-refractivity contribution in [1.29, 1.82) is 0 Å². The number of benzene rings is 1. The Morgan fingerprint density at radius 1 is 1.10 bits per heavy atom. The number of aryl methyl sites for hydroxylation is 2. The van der Waals surface area contributed by atoms with Gasteiger partial charge in [-0.1, -0.05) is 12.1 Å². The number of halogens is 1. The summed E-state index contributed by atoms with van der Waals surface area (Å²) >= 11 is 1.26. The lowest BCUT2D eigenvalue weighted by molar-refractivity contribution is -0.121. The van der Waals surface area contributed by atoms with E-state index in [9.17, 15) is 14.0 Å². The third kappa shape index (κ3) is 4.43. The number of hydrogen-bond acceptors (Lipinski definition) is 6. The lowest BCUT2D eigenvalue weighted by Gasteiger charge is -2.11. The third-order valence-electron chi connectivity index (χ3n) is 4.86. The van der Waals surface area contributed by atoms with E-state index in [-0.39, 0.29) is 18.1 Å². The fourth-order valence-electron chi connectivity index (χ4n) is 3.24. The Labute approximate surface area is 181 Å². The second-order valence-corrected chi connectivity index (χ2v) is 7.99. The second-order valence-electron chi connectivity index (χ2n) is 6.91. The van der Waals surface area contributed by atoms with Crippen LogP contribution in [0.4, 0.5) is 4.39 Å². The predicted octanol–water partition coefficient (Wildman–Crippen LogP) is 3.00. The number of fused-ring (bicyclic) bond motifs is 1. The molecule has 0 saturated heterocycles. The van der Waals surface area contributed by atoms with Crippen molar-refractivity contribution in [1.82, 2.24) is 30.4 Å². The number of rotatable bonds is 5. The van der Waals surface area contributed by atoms with Gasteiger partial charge < -0.3 is 0 Å². The summed E-state index contributed by atoms with van der Waals surface area (Å²) in [6, 6.07) is 9.49. The van der Waals surface area contributed by atoms with Gasteiger partial charge in [-0.05, 0) is 55.7 Å². The van der Waals surface area contributed by atoms with Gasteiger partial charge in [0.05, 0.1) is 4.88 Å². The Hall–Kier alpha value is -3.66. The van der Waals surface area contributed by atoms with Gasteiger partial charge >= 0.3 is 0 Å². The molecule has 0 radical (unpaired) electrons. The van der Waals surface area contributed by atoms with E-state index in [1.807, 2.05) is 13.8 Å². The number of nitrogens with zero attached hydrogens (tertiary/aromatic N) is 4. The fourth-order valence-corrected chi connectivity index (χ4v) is 4.14. The minimum Gasteiger partial charge on any atom is -0.273 e. The van der Waals surface area contributed by atoms with E-state index in [4.69, 9.17) is 0 Å². The molecule has 8 nitrogen and oxygen atoms in total. The van der Waals surface area contributed by atoms with Crippen molar-refractivity contribution in [2.24, 2.45) is 0 Å². The molecule has 0 fully saturated rings. The Bertz CT molecular complexity index is 1260. The molecule has 0 atom stereocenters. The highest BCUT2D eigenvalue weighted by Gasteiger charge is 2.14. The average molecular weight is 438 g/mol. The summed E-state index contributed by atoms with van der Waals surface area (Å²) in [5, 5.41) is 4.14. The summed E-state index contributed by atoms with van der Waals surface area (Å²) in [4.78, 5) is 34.3. The van der Waals surface area contributed by atoms with Crippen molar-refractivity contribution >= 4 is 28.9 Å². The van der Waals surface area contributed by atoms with Crippen LogP contribution >= 0.6 is 11.3 Å². The first-order valence-corrected chi connectivity index (χ1v) is 10.3. The van der Waals surface area contributed by atoms with Crippen LogP contribution in [0, 0.1) is 19.7 Å². The van der Waals surface area contributed by atoms with Crippen molar-refractivity contribution in [3.8, 4) is 10.4 Å². The largest absolute Gasteiger partial charge is 0.279 e. The number of carbonyl (C=O) groups is 2. The Morgan fingerprint density at radius 3 is 2.65 bits per heavy atom. The molecule has 3 heterocycles. The van der Waals surface area contributed by atoms with Crippen molar-refractivity contribution in [3.63, 3.8) is 0 Å². The zero-order valence-electron chi connectivity index (χ0n) is 16.8. The molecule has 0 spiro atoms. The van der Waals surface area contributed by atoms with Crippen molar-refractivity contribution in [3.05, 3.63) is 70.4 Å². The minimum absolute atomic E-state index is 0.176. The first kappa shape index (κ1) is 20.6. The molecule has 0 aliphatic rings. The molecule has 31 heavy (non-hydrogen) atoms. The number of aromatic nitrogens is 4. The first-order chi connectivity index (χ1) is 14.9. The van der Waals surface area contributed by atoms with E-state index < -0.39 is 5.91 Å². The zero-order valence-corrected chi connectivity index (χ0v) is 17.7. The summed E-state index contributed by atoms with van der Waals surface area (Å²) in [6.07, 6.45) is 2.07. The normalized spacial score (nSPS) is 10.9. The summed E-state index contributed by atoms with van der Waals surface area (Å²) in [6.45, 7) is 3.77. The highest BCUT2D eigenvalue weighted by Crippen LogP contribution is 2.28. The molecular weight excluding hydrogens is 419 g/mol. The predicted molar refractivity (Wildman–Crippen MR) is 114 cm³/mol. The average Bonchev–Trinajstić information content (AvgIpc) is 3.42. The molecule has 158 valence electrons. The maximum atomic E-state index is 13.1. The first-order valence-electron chi connectivity index (χ1n) is 9.53. The lowest BCUT2D eigenvalue weighted by Crippen LogP contribution is -2.41. The highest BCUT2D eigenvalue weighted by molar-refractivity contribution is 7.17. The minimum atomic E-state index is -0.412. The van der Waals surface area contributed by atoms with Crippen molar-refractivity contribution in [2.75, 3.05) is 0 Å². The van der Waals surface area contributed by atoms with Crippen LogP contribution < -0.4 is 10.9 Å². The molecular formula is C21H19FN6O2S. The number of thiophene rings is 1. The van der Waals surface area contributed by atoms with E-state index in [2.05, 4.69) is 25.9 Å². The van der Waals surface area contributed by atoms with Crippen LogP contribution in [0.25, 0.3) is 16.2 Å². The summed E-state index contributed by atoms with van der Waals surface area (Å²) < 4.78 is 14.7. The van der Waals surface area contributed by atoms with E-state index in [0.717, 1.165) is 27.4 Å². The quantitative estimate of drug-likeness (QED) is 0.467. The van der Waals surface area contributed by atoms with E-state index in [1.165, 1.54) is 29.8 Å². The number of carbonyl (C=O) groups excluding carboxylic acids is 2. The topological polar surface area (TPSA) is 101 Å². The van der Waals surface area contributed by atoms with Gasteiger partial charge in [-0.3, -0.25) is 20.4 Å². The van der Waals surface area contributed by atoms with Crippen LogP contribution in [0.3, 0.4) is 0 Å². The fraction of sp³-hybridized carbons (Fsp3) is 0.190. The van der Waals surface area contributed by atoms with E-state index >= 15 is 0 Å². The maximum Gasteiger partial charge on any atom is 0.279 e. The molecule has 4 rings (SSSR count). The molecule has 0 unspecified atom stereocenters. The van der Waals surface area contributed by atoms with Gasteiger partial charge in [-0.25, -0.2) is 13.9 Å². The van der Waals surface area contributed by atoms with E-state index in [1.54, 1.807) is 28.8 Å². The molecule has 0 aliphatic heterocycles. The van der Waals surface area contributed by atoms with Crippen molar-refractivity contribution in [2.45, 2.75) is 26.7 Å². The molecule has 0 aliphatic carbocycles. The molecule has 0 bridgehead atoms. The summed E-state index contributed by atoms with van der Waals surface area (Å²) in [5.74, 6) is -0.527. The SMILES string of the molecule is Cc1nc2ncnn2c(C)c1CCC(=O)NNC(=O)c1ccc(-c2ccc(F)cc2)s1. The van der Waals surface area contributed by atoms with Gasteiger partial charge in [0.15, 0.2) is 0 Å². The van der Waals surface area contributed by atoms with Gasteiger partial charge in [0, 0.05) is 22.7 Å². The van der Waals surface area contributed by atoms with Gasteiger partial charge in [0.2, 0.25) is 5.91 Å². The van der Waals surface area contributed by atoms with Crippen LogP contribution in [0.2, 0.25) is 0 Å². The molecule has 2 N–H and O–H groups in total. The van der Waals surface area contributed by atoms with Crippen LogP contribution in [-0.2, 0) is 11.2 Å². The summed E-state index contributed by atoms with van der Waals surface area (Å²) in [7, 11) is 0. The smallest absolute Gasteiger partial charge is 0.273 e. The lowest BCUT2D eigenvalue weighted by atomic mass is 10.1. The van der Waals surface area contributed by atoms with Gasteiger partial charge in [0.25, 0.3) is 11.7 Å². The van der Waals surface area contributed by atoms with Gasteiger partial charge in [-0.2, -0.15) is 10.1 Å². The van der Waals surface area contributed by atoms with E-state index in [0.29, 0.717) is 17.1 Å². The van der Waals surface area contributed by atoms with Gasteiger partial charge in [-0.15, -0.1) is 11.3 Å². The Kier molecular flexibility index (Phi) is 5.72. The molecule has 4 aromatic rings. The number of hydrogen-bond donors (Lipinski definition) is 2. The van der Waals surface area contributed by atoms with Gasteiger partial charge in [0.1, 0.15) is 12.1 Å². The molecule has 0 saturated carbocycles. The summed E-state index contributed by atoms with van der Waals surface area (Å²) in [5.41, 5.74) is 8.28. The molecule has 1 aromatic carbocycles. The maximum absolute atomic E-state index is 13.1. The van der Waals surface area contributed by atoms with Crippen LogP contribution in [-0.4, -0.2) is 31.4 Å². The highest BCUT2D eigenvalue weighted by atomic mass is 32.1. The second kappa shape index (κ2) is 8.60.